The fourth-order valence-electron chi connectivity index (χ4n) is 0.812. The van der Waals surface area contributed by atoms with Crippen molar-refractivity contribution in [2.24, 2.45) is 4.99 Å². The van der Waals surface area contributed by atoms with Gasteiger partial charge >= 0.3 is 0 Å². The van der Waals surface area contributed by atoms with Gasteiger partial charge in [0.15, 0.2) is 0 Å². The van der Waals surface area contributed by atoms with Crippen molar-refractivity contribution in [1.29, 1.82) is 0 Å². The molecule has 0 saturated carbocycles. The summed E-state index contributed by atoms with van der Waals surface area (Å²) in [5.74, 6) is -0.548. The number of benzene rings is 1. The highest BCUT2D eigenvalue weighted by Crippen LogP contribution is 2.26. The summed E-state index contributed by atoms with van der Waals surface area (Å²) in [6.45, 7) is 1.50. The molecule has 1 aromatic carbocycles. The first-order chi connectivity index (χ1) is 5.66. The van der Waals surface area contributed by atoms with Crippen LogP contribution in [0, 0.1) is 12.7 Å². The molecule has 12 heavy (non-hydrogen) atoms. The molecular weight excluding hydrogens is 181 g/mol. The Balaban J connectivity index is 3.35. The van der Waals surface area contributed by atoms with Crippen LogP contribution in [0.5, 0.6) is 0 Å². The second-order valence-electron chi connectivity index (χ2n) is 2.21. The molecule has 0 unspecified atom stereocenters. The van der Waals surface area contributed by atoms with Gasteiger partial charge in [-0.1, -0.05) is 11.6 Å². The summed E-state index contributed by atoms with van der Waals surface area (Å²) in [7, 11) is 0. The van der Waals surface area contributed by atoms with Gasteiger partial charge in [-0.05, 0) is 19.1 Å². The first-order valence-corrected chi connectivity index (χ1v) is 3.57. The van der Waals surface area contributed by atoms with Crippen molar-refractivity contribution in [2.75, 3.05) is 0 Å². The van der Waals surface area contributed by atoms with Gasteiger partial charge < -0.3 is 0 Å². The van der Waals surface area contributed by atoms with E-state index >= 15 is 0 Å². The Kier molecular flexibility index (Phi) is 2.58. The Morgan fingerprint density at radius 2 is 2.25 bits per heavy atom. The largest absolute Gasteiger partial charge is 0.240 e. The summed E-state index contributed by atoms with van der Waals surface area (Å²) < 4.78 is 13.0. The Hall–Kier alpha value is -1.18. The van der Waals surface area contributed by atoms with Crippen molar-refractivity contribution in [2.45, 2.75) is 6.92 Å². The lowest BCUT2D eigenvalue weighted by Crippen LogP contribution is -1.83. The second kappa shape index (κ2) is 3.48. The third-order valence-corrected chi connectivity index (χ3v) is 1.77. The van der Waals surface area contributed by atoms with E-state index in [0.29, 0.717) is 0 Å². The van der Waals surface area contributed by atoms with E-state index in [4.69, 9.17) is 11.6 Å². The molecule has 0 amide bonds. The highest BCUT2D eigenvalue weighted by atomic mass is 35.5. The quantitative estimate of drug-likeness (QED) is 0.489. The van der Waals surface area contributed by atoms with Crippen LogP contribution in [0.1, 0.15) is 5.56 Å². The molecule has 0 radical (unpaired) electrons. The van der Waals surface area contributed by atoms with E-state index in [1.807, 2.05) is 0 Å². The second-order valence-corrected chi connectivity index (χ2v) is 2.62. The molecular formula is C8H5ClFNO. The van der Waals surface area contributed by atoms with E-state index in [1.165, 1.54) is 25.1 Å². The molecule has 0 aliphatic carbocycles. The third-order valence-electron chi connectivity index (χ3n) is 1.48. The molecule has 0 heterocycles. The van der Waals surface area contributed by atoms with Gasteiger partial charge in [-0.25, -0.2) is 9.18 Å². The number of carbonyl (C=O) groups excluding carboxylic acids is 1. The molecule has 2 nitrogen and oxygen atoms in total. The number of halogens is 2. The lowest BCUT2D eigenvalue weighted by Gasteiger charge is -2.00. The average Bonchev–Trinajstić information content (AvgIpc) is 2.07. The summed E-state index contributed by atoms with van der Waals surface area (Å²) in [5.41, 5.74) is 0.512. The topological polar surface area (TPSA) is 29.4 Å². The van der Waals surface area contributed by atoms with Gasteiger partial charge in [-0.3, -0.25) is 0 Å². The van der Waals surface area contributed by atoms with E-state index in [1.54, 1.807) is 0 Å². The van der Waals surface area contributed by atoms with E-state index in [9.17, 15) is 9.18 Å². The van der Waals surface area contributed by atoms with E-state index in [-0.39, 0.29) is 16.3 Å². The Labute approximate surface area is 73.7 Å². The number of isocyanates is 1. The molecule has 0 bridgehead atoms. The van der Waals surface area contributed by atoms with Crippen LogP contribution in [-0.2, 0) is 4.79 Å². The van der Waals surface area contributed by atoms with Gasteiger partial charge in [-0.15, -0.1) is 0 Å². The molecule has 1 aromatic rings. The Morgan fingerprint density at radius 3 is 2.83 bits per heavy atom. The lowest BCUT2D eigenvalue weighted by atomic mass is 10.2. The standard InChI is InChI=1S/C8H5ClFNO/c1-5-7(11-4-12)3-2-6(9)8(5)10/h2-3H,1H3. The molecule has 0 aliphatic rings. The SMILES string of the molecule is Cc1c(N=C=O)ccc(Cl)c1F. The molecule has 0 aromatic heterocycles. The van der Waals surface area contributed by atoms with Gasteiger partial charge in [0.25, 0.3) is 0 Å². The average molecular weight is 186 g/mol. The fourth-order valence-corrected chi connectivity index (χ4v) is 1.02. The van der Waals surface area contributed by atoms with Crippen LogP contribution in [0.15, 0.2) is 17.1 Å². The number of aliphatic imine (C=N–C) groups is 1. The minimum Gasteiger partial charge on any atom is -0.211 e. The van der Waals surface area contributed by atoms with Crippen LogP contribution in [0.4, 0.5) is 10.1 Å². The maximum Gasteiger partial charge on any atom is 0.240 e. The summed E-state index contributed by atoms with van der Waals surface area (Å²) in [6.07, 6.45) is 1.34. The van der Waals surface area contributed by atoms with Gasteiger partial charge in [-0.2, -0.15) is 4.99 Å². The molecule has 62 valence electrons. The first-order valence-electron chi connectivity index (χ1n) is 3.19. The van der Waals surface area contributed by atoms with Crippen molar-refractivity contribution in [3.63, 3.8) is 0 Å². The molecule has 0 atom stereocenters. The maximum atomic E-state index is 13.0. The number of nitrogens with zero attached hydrogens (tertiary/aromatic N) is 1. The minimum atomic E-state index is -0.548. The molecule has 0 spiro atoms. The van der Waals surface area contributed by atoms with Crippen LogP contribution in [-0.4, -0.2) is 6.08 Å². The summed E-state index contributed by atoms with van der Waals surface area (Å²) >= 11 is 5.47. The number of hydrogen-bond donors (Lipinski definition) is 0. The predicted molar refractivity (Wildman–Crippen MR) is 43.9 cm³/mol. The molecule has 4 heteroatoms. The minimum absolute atomic E-state index is 0.0253. The monoisotopic (exact) mass is 185 g/mol. The van der Waals surface area contributed by atoms with E-state index in [0.717, 1.165) is 0 Å². The highest BCUT2D eigenvalue weighted by molar-refractivity contribution is 6.30. The predicted octanol–water partition coefficient (Wildman–Crippen LogP) is 2.75. The van der Waals surface area contributed by atoms with E-state index < -0.39 is 5.82 Å². The van der Waals surface area contributed by atoms with Gasteiger partial charge in [0.1, 0.15) is 5.82 Å². The Bertz CT molecular complexity index is 358. The van der Waals surface area contributed by atoms with Crippen LogP contribution < -0.4 is 0 Å². The zero-order valence-electron chi connectivity index (χ0n) is 6.27. The van der Waals surface area contributed by atoms with Crippen molar-refractivity contribution in [3.05, 3.63) is 28.5 Å². The van der Waals surface area contributed by atoms with Crippen molar-refractivity contribution in [1.82, 2.24) is 0 Å². The van der Waals surface area contributed by atoms with Crippen LogP contribution in [0.2, 0.25) is 5.02 Å². The van der Waals surface area contributed by atoms with E-state index in [2.05, 4.69) is 4.99 Å². The smallest absolute Gasteiger partial charge is 0.211 e. The molecule has 1 rings (SSSR count). The maximum absolute atomic E-state index is 13.0. The molecule has 0 saturated heterocycles. The van der Waals surface area contributed by atoms with Crippen molar-refractivity contribution < 1.29 is 9.18 Å². The Morgan fingerprint density at radius 1 is 1.58 bits per heavy atom. The summed E-state index contributed by atoms with van der Waals surface area (Å²) in [4.78, 5) is 13.2. The fraction of sp³-hybridized carbons (Fsp3) is 0.125. The lowest BCUT2D eigenvalue weighted by molar-refractivity contribution is 0.565. The van der Waals surface area contributed by atoms with Gasteiger partial charge in [0.05, 0.1) is 10.7 Å². The molecule has 0 N–H and O–H groups in total. The number of hydrogen-bond acceptors (Lipinski definition) is 2. The third kappa shape index (κ3) is 1.52. The van der Waals surface area contributed by atoms with Gasteiger partial charge in [0.2, 0.25) is 6.08 Å². The van der Waals surface area contributed by atoms with Crippen LogP contribution >= 0.6 is 11.6 Å². The van der Waals surface area contributed by atoms with Crippen LogP contribution in [0.25, 0.3) is 0 Å². The zero-order valence-corrected chi connectivity index (χ0v) is 7.02. The summed E-state index contributed by atoms with van der Waals surface area (Å²) in [6, 6.07) is 2.81. The highest BCUT2D eigenvalue weighted by Gasteiger charge is 2.06. The first kappa shape index (κ1) is 8.91. The van der Waals surface area contributed by atoms with Crippen molar-refractivity contribution >= 4 is 23.4 Å². The van der Waals surface area contributed by atoms with Crippen LogP contribution in [0.3, 0.4) is 0 Å². The normalized spacial score (nSPS) is 9.25. The zero-order chi connectivity index (χ0) is 9.14. The summed E-state index contributed by atoms with van der Waals surface area (Å²) in [5, 5.41) is 0.0253. The number of rotatable bonds is 1. The van der Waals surface area contributed by atoms with Gasteiger partial charge in [0, 0.05) is 5.56 Å². The molecule has 0 aliphatic heterocycles. The molecule has 0 fully saturated rings. The van der Waals surface area contributed by atoms with Crippen molar-refractivity contribution in [3.8, 4) is 0 Å².